The van der Waals surface area contributed by atoms with Crippen LogP contribution in [-0.4, -0.2) is 60.7 Å². The van der Waals surface area contributed by atoms with E-state index in [9.17, 15) is 5.11 Å². The fourth-order valence-electron chi connectivity index (χ4n) is 3.12. The van der Waals surface area contributed by atoms with Gasteiger partial charge in [0.05, 0.1) is 12.2 Å². The molecule has 0 fully saturated rings. The van der Waals surface area contributed by atoms with Gasteiger partial charge in [-0.05, 0) is 65.5 Å². The largest absolute Gasteiger partial charge is 0.382 e. The van der Waals surface area contributed by atoms with Crippen LogP contribution in [0.5, 0.6) is 0 Å². The van der Waals surface area contributed by atoms with Gasteiger partial charge in [-0.2, -0.15) is 5.11 Å². The number of nitrogens with zero attached hydrogens (tertiary/aromatic N) is 3. The van der Waals surface area contributed by atoms with Crippen LogP contribution in [0.15, 0.2) is 32.5 Å². The van der Waals surface area contributed by atoms with E-state index >= 15 is 0 Å². The number of nitrogens with one attached hydrogen (secondary N) is 1. The van der Waals surface area contributed by atoms with Crippen molar-refractivity contribution in [3.05, 3.63) is 22.4 Å². The fourth-order valence-corrected chi connectivity index (χ4v) is 3.12. The molecular formula is C23H38N4O2. The highest BCUT2D eigenvalue weighted by Gasteiger charge is 2.30. The molecule has 1 atom stereocenters. The molecule has 1 rings (SSSR count). The maximum atomic E-state index is 10.0. The molecule has 0 spiro atoms. The quantitative estimate of drug-likeness (QED) is 0.323. The number of hydrogen-bond donors (Lipinski definition) is 2. The minimum Gasteiger partial charge on any atom is -0.382 e. The maximum Gasteiger partial charge on any atom is 0.122 e. The first-order chi connectivity index (χ1) is 13.5. The number of allylic oxidation sites excluding steroid dienone is 2. The Morgan fingerprint density at radius 1 is 1.45 bits per heavy atom. The topological polar surface area (TPSA) is 81.3 Å². The molecule has 0 saturated carbocycles. The monoisotopic (exact) mass is 402 g/mol. The Bertz CT molecular complexity index is 719. The summed E-state index contributed by atoms with van der Waals surface area (Å²) in [6, 6.07) is 0. The summed E-state index contributed by atoms with van der Waals surface area (Å²) >= 11 is 0. The summed E-state index contributed by atoms with van der Waals surface area (Å²) in [6.07, 6.45) is 4.32. The van der Waals surface area contributed by atoms with Crippen molar-refractivity contribution in [3.8, 4) is 11.8 Å². The van der Waals surface area contributed by atoms with Crippen molar-refractivity contribution in [2.24, 2.45) is 10.1 Å². The molecule has 0 amide bonds. The molecule has 2 N–H and O–H groups in total. The van der Waals surface area contributed by atoms with Gasteiger partial charge in [0.2, 0.25) is 0 Å². The predicted molar refractivity (Wildman–Crippen MR) is 119 cm³/mol. The molecule has 1 aliphatic rings. The van der Waals surface area contributed by atoms with Gasteiger partial charge in [0.15, 0.2) is 0 Å². The van der Waals surface area contributed by atoms with Gasteiger partial charge in [-0.3, -0.25) is 4.99 Å². The van der Waals surface area contributed by atoms with E-state index in [0.29, 0.717) is 13.0 Å². The van der Waals surface area contributed by atoms with Crippen molar-refractivity contribution in [1.82, 2.24) is 4.90 Å². The Kier molecular flexibility index (Phi) is 9.75. The summed E-state index contributed by atoms with van der Waals surface area (Å²) in [4.78, 5) is 6.98. The second-order valence-electron chi connectivity index (χ2n) is 8.39. The van der Waals surface area contributed by atoms with E-state index in [4.69, 9.17) is 15.3 Å². The summed E-state index contributed by atoms with van der Waals surface area (Å²) in [5, 5.41) is 13.5. The minimum atomic E-state index is -1.05. The molecule has 1 aliphatic heterocycles. The lowest BCUT2D eigenvalue weighted by molar-refractivity contribution is 0.139. The second-order valence-corrected chi connectivity index (χ2v) is 8.39. The number of aliphatic hydroxyl groups is 1. The molecule has 1 unspecified atom stereocenters. The molecule has 0 aromatic carbocycles. The number of rotatable bonds is 10. The van der Waals surface area contributed by atoms with E-state index in [0.717, 1.165) is 38.3 Å². The fraction of sp³-hybridized carbons (Fsp3) is 0.696. The van der Waals surface area contributed by atoms with E-state index < -0.39 is 11.1 Å². The maximum absolute atomic E-state index is 10.0. The first-order valence-corrected chi connectivity index (χ1v) is 10.4. The van der Waals surface area contributed by atoms with Gasteiger partial charge in [-0.25, -0.2) is 5.53 Å². The van der Waals surface area contributed by atoms with Gasteiger partial charge in [0.25, 0.3) is 0 Å². The number of ether oxygens (including phenoxy) is 1. The zero-order valence-corrected chi connectivity index (χ0v) is 19.2. The lowest BCUT2D eigenvalue weighted by atomic mass is 9.84. The van der Waals surface area contributed by atoms with Gasteiger partial charge >= 0.3 is 0 Å². The summed E-state index contributed by atoms with van der Waals surface area (Å²) < 4.78 is 5.47. The Hall–Kier alpha value is -1.97. The Morgan fingerprint density at radius 2 is 2.14 bits per heavy atom. The van der Waals surface area contributed by atoms with E-state index in [1.54, 1.807) is 13.8 Å². The molecule has 0 aromatic heterocycles. The summed E-state index contributed by atoms with van der Waals surface area (Å²) in [6.45, 7) is 14.5. The average Bonchev–Trinajstić information content (AvgIpc) is 2.66. The molecule has 162 valence electrons. The van der Waals surface area contributed by atoms with Gasteiger partial charge in [0.1, 0.15) is 11.1 Å². The third-order valence-corrected chi connectivity index (χ3v) is 5.03. The van der Waals surface area contributed by atoms with Crippen LogP contribution < -0.4 is 0 Å². The Balaban J connectivity index is 3.23. The minimum absolute atomic E-state index is 0.500. The van der Waals surface area contributed by atoms with Crippen LogP contribution >= 0.6 is 0 Å². The summed E-state index contributed by atoms with van der Waals surface area (Å²) in [7, 11) is 2.08. The summed E-state index contributed by atoms with van der Waals surface area (Å²) in [5.74, 6) is 6.11. The molecule has 1 heterocycles. The van der Waals surface area contributed by atoms with Crippen molar-refractivity contribution < 1.29 is 9.84 Å². The average molecular weight is 403 g/mol. The third kappa shape index (κ3) is 8.51. The van der Waals surface area contributed by atoms with Crippen LogP contribution in [0.2, 0.25) is 0 Å². The Morgan fingerprint density at radius 3 is 2.72 bits per heavy atom. The lowest BCUT2D eigenvalue weighted by Crippen LogP contribution is -2.32. The van der Waals surface area contributed by atoms with Gasteiger partial charge in [0, 0.05) is 39.4 Å². The molecule has 0 bridgehead atoms. The molecule has 0 saturated heterocycles. The number of aliphatic imine (C=N–C) groups is 1. The molecule has 29 heavy (non-hydrogen) atoms. The highest BCUT2D eigenvalue weighted by Crippen LogP contribution is 2.34. The highest BCUT2D eigenvalue weighted by atomic mass is 16.5. The van der Waals surface area contributed by atoms with Crippen molar-refractivity contribution in [2.75, 3.05) is 33.4 Å². The van der Waals surface area contributed by atoms with Crippen LogP contribution in [0.25, 0.3) is 0 Å². The normalized spacial score (nSPS) is 20.1. The van der Waals surface area contributed by atoms with E-state index in [2.05, 4.69) is 42.8 Å². The van der Waals surface area contributed by atoms with Crippen molar-refractivity contribution >= 4 is 6.21 Å². The predicted octanol–water partition coefficient (Wildman–Crippen LogP) is 4.36. The smallest absolute Gasteiger partial charge is 0.122 e. The number of dihydropyridines is 1. The van der Waals surface area contributed by atoms with Crippen LogP contribution in [0.3, 0.4) is 0 Å². The van der Waals surface area contributed by atoms with E-state index in [1.807, 2.05) is 20.1 Å². The third-order valence-electron chi connectivity index (χ3n) is 5.03. The van der Waals surface area contributed by atoms with E-state index in [1.165, 1.54) is 16.7 Å². The molecule has 6 nitrogen and oxygen atoms in total. The molecule has 6 heteroatoms. The van der Waals surface area contributed by atoms with Crippen LogP contribution in [0.1, 0.15) is 60.8 Å². The Labute approximate surface area is 176 Å². The molecule has 0 radical (unpaired) electrons. The van der Waals surface area contributed by atoms with Gasteiger partial charge < -0.3 is 14.7 Å². The zero-order valence-electron chi connectivity index (χ0n) is 19.2. The first kappa shape index (κ1) is 25.1. The second kappa shape index (κ2) is 11.3. The zero-order chi connectivity index (χ0) is 22.1. The first-order valence-electron chi connectivity index (χ1n) is 10.4. The van der Waals surface area contributed by atoms with Crippen LogP contribution in [0, 0.1) is 17.4 Å². The molecular weight excluding hydrogens is 364 g/mol. The molecule has 0 aliphatic carbocycles. The standard InChI is InChI=1S/C23H38N4O2/c1-8-29-15-9-14-27(7)21-17-25-23(6,12-11-22(4,5)28)16-20(21)19(3)18(2)10-13-26-24/h17,24,28H,8-10,13-16H2,1-7H3/b19-18+,26-24?. The summed E-state index contributed by atoms with van der Waals surface area (Å²) in [5.41, 5.74) is 10.2. The van der Waals surface area contributed by atoms with Gasteiger partial charge in [-0.1, -0.05) is 17.4 Å². The highest BCUT2D eigenvalue weighted by molar-refractivity contribution is 5.82. The lowest BCUT2D eigenvalue weighted by Gasteiger charge is -2.32. The van der Waals surface area contributed by atoms with Gasteiger partial charge in [-0.15, -0.1) is 0 Å². The van der Waals surface area contributed by atoms with Crippen molar-refractivity contribution in [2.45, 2.75) is 71.9 Å². The SMILES string of the molecule is CCOCCCN(C)C1=C(/C(C)=C(\C)CCN=N)CC(C)(C#CC(C)(C)O)N=C1. The molecule has 0 aromatic rings. The van der Waals surface area contributed by atoms with Crippen LogP contribution in [0.4, 0.5) is 0 Å². The van der Waals surface area contributed by atoms with Crippen molar-refractivity contribution in [3.63, 3.8) is 0 Å². The van der Waals surface area contributed by atoms with Crippen LogP contribution in [-0.2, 0) is 4.74 Å². The van der Waals surface area contributed by atoms with Crippen molar-refractivity contribution in [1.29, 1.82) is 5.53 Å². The van der Waals surface area contributed by atoms with E-state index in [-0.39, 0.29) is 0 Å². The number of hydrogen-bond acceptors (Lipinski definition) is 6.